The number of sulfonamides is 1. The number of nitrogens with zero attached hydrogens (tertiary/aromatic N) is 1. The number of benzene rings is 3. The molecule has 0 aromatic heterocycles. The lowest BCUT2D eigenvalue weighted by molar-refractivity contribution is -0.388. The zero-order valence-electron chi connectivity index (χ0n) is 17.6. The third-order valence-electron chi connectivity index (χ3n) is 4.47. The molecule has 0 unspecified atom stereocenters. The standard InChI is InChI=1S/C22H21N3O5S2/c1-14-4-10-20(15(2)12-14)24-32(29,30)19-9-11-22(21(13-19)25(27)28)31-18-7-5-17(6-8-18)23-16(3)26/h4-13,24H,1-3H3,(H,23,26). The van der Waals surface area contributed by atoms with Crippen molar-refractivity contribution in [3.05, 3.63) is 81.9 Å². The van der Waals surface area contributed by atoms with Crippen molar-refractivity contribution in [1.82, 2.24) is 0 Å². The van der Waals surface area contributed by atoms with Crippen LogP contribution in [0.5, 0.6) is 0 Å². The lowest BCUT2D eigenvalue weighted by Gasteiger charge is -2.12. The molecule has 0 heterocycles. The van der Waals surface area contributed by atoms with Crippen LogP contribution in [-0.2, 0) is 14.8 Å². The number of aryl methyl sites for hydroxylation is 2. The van der Waals surface area contributed by atoms with Gasteiger partial charge in [-0.3, -0.25) is 19.6 Å². The molecule has 0 aliphatic rings. The van der Waals surface area contributed by atoms with E-state index in [9.17, 15) is 23.3 Å². The maximum Gasteiger partial charge on any atom is 0.284 e. The minimum absolute atomic E-state index is 0.200. The van der Waals surface area contributed by atoms with Crippen molar-refractivity contribution in [3.8, 4) is 0 Å². The summed E-state index contributed by atoms with van der Waals surface area (Å²) >= 11 is 1.13. The summed E-state index contributed by atoms with van der Waals surface area (Å²) in [7, 11) is -4.02. The number of rotatable bonds is 7. The first-order chi connectivity index (χ1) is 15.0. The van der Waals surface area contributed by atoms with E-state index in [1.165, 1.54) is 19.1 Å². The van der Waals surface area contributed by atoms with E-state index in [0.717, 1.165) is 29.0 Å². The first-order valence-corrected chi connectivity index (χ1v) is 11.8. The third-order valence-corrected chi connectivity index (χ3v) is 6.90. The monoisotopic (exact) mass is 471 g/mol. The van der Waals surface area contributed by atoms with E-state index in [4.69, 9.17) is 0 Å². The van der Waals surface area contributed by atoms with E-state index >= 15 is 0 Å². The van der Waals surface area contributed by atoms with E-state index in [0.29, 0.717) is 21.2 Å². The van der Waals surface area contributed by atoms with Crippen molar-refractivity contribution in [3.63, 3.8) is 0 Å². The van der Waals surface area contributed by atoms with Crippen molar-refractivity contribution < 1.29 is 18.1 Å². The second-order valence-corrected chi connectivity index (χ2v) is 9.92. The Kier molecular flexibility index (Phi) is 6.85. The fraction of sp³-hybridized carbons (Fsp3) is 0.136. The summed E-state index contributed by atoms with van der Waals surface area (Å²) in [5.41, 5.74) is 2.45. The highest BCUT2D eigenvalue weighted by molar-refractivity contribution is 7.99. The summed E-state index contributed by atoms with van der Waals surface area (Å²) in [5.74, 6) is -0.202. The van der Waals surface area contributed by atoms with Crippen molar-refractivity contribution in [1.29, 1.82) is 0 Å². The molecule has 0 spiro atoms. The van der Waals surface area contributed by atoms with Crippen LogP contribution in [-0.4, -0.2) is 19.2 Å². The molecule has 8 nitrogen and oxygen atoms in total. The molecule has 3 aromatic carbocycles. The van der Waals surface area contributed by atoms with Crippen LogP contribution in [0.4, 0.5) is 17.1 Å². The molecule has 0 bridgehead atoms. The number of carbonyl (C=O) groups is 1. The Balaban J connectivity index is 1.88. The zero-order valence-corrected chi connectivity index (χ0v) is 19.2. The molecule has 3 rings (SSSR count). The summed E-state index contributed by atoms with van der Waals surface area (Å²) < 4.78 is 28.2. The summed E-state index contributed by atoms with van der Waals surface area (Å²) in [6.07, 6.45) is 0. The van der Waals surface area contributed by atoms with Gasteiger partial charge in [0.25, 0.3) is 15.7 Å². The van der Waals surface area contributed by atoms with E-state index in [1.54, 1.807) is 43.3 Å². The van der Waals surface area contributed by atoms with Gasteiger partial charge in [-0.25, -0.2) is 8.42 Å². The molecule has 0 saturated heterocycles. The molecule has 3 aromatic rings. The highest BCUT2D eigenvalue weighted by Crippen LogP contribution is 2.37. The molecular formula is C22H21N3O5S2. The Morgan fingerprint density at radius 1 is 1.00 bits per heavy atom. The van der Waals surface area contributed by atoms with Gasteiger partial charge in [-0.1, -0.05) is 29.5 Å². The van der Waals surface area contributed by atoms with Crippen LogP contribution in [0.2, 0.25) is 0 Å². The van der Waals surface area contributed by atoms with Crippen LogP contribution < -0.4 is 10.0 Å². The minimum Gasteiger partial charge on any atom is -0.326 e. The Hall–Kier alpha value is -3.37. The normalized spacial score (nSPS) is 11.1. The summed E-state index contributed by atoms with van der Waals surface area (Å²) in [5, 5.41) is 14.3. The van der Waals surface area contributed by atoms with Gasteiger partial charge in [-0.15, -0.1) is 0 Å². The number of carbonyl (C=O) groups excluding carboxylic acids is 1. The van der Waals surface area contributed by atoms with E-state index in [2.05, 4.69) is 10.0 Å². The number of nitro benzene ring substituents is 1. The lowest BCUT2D eigenvalue weighted by Crippen LogP contribution is -2.14. The molecule has 0 saturated carbocycles. The Morgan fingerprint density at radius 3 is 2.28 bits per heavy atom. The fourth-order valence-electron chi connectivity index (χ4n) is 2.96. The fourth-order valence-corrected chi connectivity index (χ4v) is 5.01. The van der Waals surface area contributed by atoms with E-state index in [1.807, 2.05) is 13.0 Å². The quantitative estimate of drug-likeness (QED) is 0.365. The second kappa shape index (κ2) is 9.41. The molecule has 0 aliphatic carbocycles. The largest absolute Gasteiger partial charge is 0.326 e. The van der Waals surface area contributed by atoms with E-state index < -0.39 is 14.9 Å². The molecule has 2 N–H and O–H groups in total. The maximum absolute atomic E-state index is 12.8. The third kappa shape index (κ3) is 5.65. The topological polar surface area (TPSA) is 118 Å². The number of nitrogens with one attached hydrogen (secondary N) is 2. The molecule has 0 radical (unpaired) electrons. The van der Waals surface area contributed by atoms with Crippen LogP contribution in [0.15, 0.2) is 75.4 Å². The Labute approximate surface area is 190 Å². The summed E-state index contributed by atoms with van der Waals surface area (Å²) in [4.78, 5) is 23.0. The smallest absolute Gasteiger partial charge is 0.284 e. The molecule has 1 amide bonds. The van der Waals surface area contributed by atoms with E-state index in [-0.39, 0.29) is 16.5 Å². The van der Waals surface area contributed by atoms with Gasteiger partial charge in [0, 0.05) is 23.6 Å². The predicted molar refractivity (Wildman–Crippen MR) is 125 cm³/mol. The van der Waals surface area contributed by atoms with Crippen LogP contribution in [0.25, 0.3) is 0 Å². The van der Waals surface area contributed by atoms with Crippen LogP contribution in [0.1, 0.15) is 18.1 Å². The summed E-state index contributed by atoms with van der Waals surface area (Å²) in [6, 6.07) is 15.9. The van der Waals surface area contributed by atoms with Crippen molar-refractivity contribution in [2.75, 3.05) is 10.0 Å². The van der Waals surface area contributed by atoms with Crippen molar-refractivity contribution in [2.45, 2.75) is 35.5 Å². The molecular weight excluding hydrogens is 450 g/mol. The van der Waals surface area contributed by atoms with Crippen LogP contribution >= 0.6 is 11.8 Å². The first kappa shape index (κ1) is 23.3. The molecule has 166 valence electrons. The maximum atomic E-state index is 12.8. The predicted octanol–water partition coefficient (Wildman–Crippen LogP) is 5.12. The highest BCUT2D eigenvalue weighted by Gasteiger charge is 2.22. The minimum atomic E-state index is -4.02. The van der Waals surface area contributed by atoms with Crippen LogP contribution in [0.3, 0.4) is 0 Å². The number of hydrogen-bond donors (Lipinski definition) is 2. The second-order valence-electron chi connectivity index (χ2n) is 7.12. The van der Waals surface area contributed by atoms with Gasteiger partial charge >= 0.3 is 0 Å². The molecule has 0 fully saturated rings. The summed E-state index contributed by atoms with van der Waals surface area (Å²) in [6.45, 7) is 5.08. The molecule has 0 aliphatic heterocycles. The number of nitro groups is 1. The van der Waals surface area contributed by atoms with Gasteiger partial charge in [0.2, 0.25) is 5.91 Å². The number of hydrogen-bond acceptors (Lipinski definition) is 6. The van der Waals surface area contributed by atoms with Gasteiger partial charge in [0.05, 0.1) is 20.4 Å². The van der Waals surface area contributed by atoms with Gasteiger partial charge in [0.1, 0.15) is 0 Å². The average molecular weight is 472 g/mol. The van der Waals surface area contributed by atoms with Crippen molar-refractivity contribution >= 4 is 44.8 Å². The van der Waals surface area contributed by atoms with Crippen molar-refractivity contribution in [2.24, 2.45) is 0 Å². The molecule has 0 atom stereocenters. The Morgan fingerprint density at radius 2 is 1.69 bits per heavy atom. The SMILES string of the molecule is CC(=O)Nc1ccc(Sc2ccc(S(=O)(=O)Nc3ccc(C)cc3C)cc2[N+](=O)[O-])cc1. The first-order valence-electron chi connectivity index (χ1n) is 9.49. The van der Waals surface area contributed by atoms with Crippen LogP contribution in [0, 0.1) is 24.0 Å². The molecule has 10 heteroatoms. The highest BCUT2D eigenvalue weighted by atomic mass is 32.2. The van der Waals surface area contributed by atoms with Gasteiger partial charge in [-0.2, -0.15) is 0 Å². The van der Waals surface area contributed by atoms with Gasteiger partial charge in [0.15, 0.2) is 0 Å². The zero-order chi connectivity index (χ0) is 23.5. The average Bonchev–Trinajstić information content (AvgIpc) is 2.71. The van der Waals surface area contributed by atoms with Gasteiger partial charge < -0.3 is 5.32 Å². The Bertz CT molecular complexity index is 1290. The number of amides is 1. The molecule has 32 heavy (non-hydrogen) atoms. The number of anilines is 2. The van der Waals surface area contributed by atoms with Gasteiger partial charge in [-0.05, 0) is 61.9 Å². The lowest BCUT2D eigenvalue weighted by atomic mass is 10.1.